The molecule has 106 valence electrons. The fraction of sp³-hybridized carbons (Fsp3) is 0.636. The van der Waals surface area contributed by atoms with E-state index in [0.29, 0.717) is 36.1 Å². The van der Waals surface area contributed by atoms with Crippen LogP contribution >= 0.6 is 11.8 Å². The number of nitrogens with one attached hydrogen (secondary N) is 1. The number of nitrogens with zero attached hydrogens (tertiary/aromatic N) is 2. The first kappa shape index (κ1) is 15.5. The van der Waals surface area contributed by atoms with Crippen LogP contribution in [-0.2, 0) is 15.3 Å². The number of carboxylic acids is 1. The van der Waals surface area contributed by atoms with Gasteiger partial charge in [0.1, 0.15) is 6.04 Å². The molecule has 1 heterocycles. The Bertz CT molecular complexity index is 422. The molecule has 0 radical (unpaired) electrons. The first-order valence-corrected chi connectivity index (χ1v) is 7.02. The first-order chi connectivity index (χ1) is 9.04. The van der Waals surface area contributed by atoms with E-state index in [1.54, 1.807) is 0 Å². The predicted octanol–water partition coefficient (Wildman–Crippen LogP) is 1.02. The zero-order chi connectivity index (χ0) is 14.3. The van der Waals surface area contributed by atoms with Gasteiger partial charge in [0.25, 0.3) is 0 Å². The highest BCUT2D eigenvalue weighted by atomic mass is 32.2. The van der Waals surface area contributed by atoms with Crippen LogP contribution < -0.4 is 5.32 Å². The average Bonchev–Trinajstić information content (AvgIpc) is 2.81. The number of carbonyl (C=O) groups excluding carboxylic acids is 1. The minimum absolute atomic E-state index is 0.218. The van der Waals surface area contributed by atoms with E-state index in [-0.39, 0.29) is 5.92 Å². The quantitative estimate of drug-likeness (QED) is 0.516. The summed E-state index contributed by atoms with van der Waals surface area (Å²) in [6.07, 6.45) is 0.750. The third-order valence-electron chi connectivity index (χ3n) is 2.34. The maximum atomic E-state index is 10.8. The van der Waals surface area contributed by atoms with Crippen LogP contribution in [-0.4, -0.2) is 39.4 Å². The van der Waals surface area contributed by atoms with E-state index in [2.05, 4.69) is 15.5 Å². The zero-order valence-electron chi connectivity index (χ0n) is 10.8. The maximum absolute atomic E-state index is 10.8. The van der Waals surface area contributed by atoms with Gasteiger partial charge in [0, 0.05) is 5.92 Å². The molecule has 0 saturated carbocycles. The van der Waals surface area contributed by atoms with Gasteiger partial charge in [0.15, 0.2) is 5.82 Å². The van der Waals surface area contributed by atoms with Gasteiger partial charge in [-0.2, -0.15) is 16.7 Å². The first-order valence-electron chi connectivity index (χ1n) is 5.87. The highest BCUT2D eigenvalue weighted by Crippen LogP contribution is 2.15. The maximum Gasteiger partial charge on any atom is 0.326 e. The Balaban J connectivity index is 2.29. The average molecular weight is 287 g/mol. The number of hydrogen-bond donors (Lipinski definition) is 2. The minimum Gasteiger partial charge on any atom is -0.480 e. The molecule has 8 heteroatoms. The molecule has 1 amide bonds. The second-order valence-corrected chi connectivity index (χ2v) is 5.32. The van der Waals surface area contributed by atoms with Gasteiger partial charge in [-0.15, -0.1) is 0 Å². The number of carbonyl (C=O) groups is 2. The van der Waals surface area contributed by atoms with E-state index in [9.17, 15) is 9.59 Å². The largest absolute Gasteiger partial charge is 0.480 e. The van der Waals surface area contributed by atoms with Gasteiger partial charge in [-0.3, -0.25) is 4.79 Å². The Hall–Kier alpha value is -1.57. The molecular formula is C11H17N3O4S. The third kappa shape index (κ3) is 5.29. The Labute approximate surface area is 115 Å². The summed E-state index contributed by atoms with van der Waals surface area (Å²) < 4.78 is 5.06. The lowest BCUT2D eigenvalue weighted by atomic mass is 10.2. The van der Waals surface area contributed by atoms with E-state index >= 15 is 0 Å². The molecule has 1 rings (SSSR count). The van der Waals surface area contributed by atoms with Crippen molar-refractivity contribution in [3.63, 3.8) is 0 Å². The van der Waals surface area contributed by atoms with E-state index in [0.717, 1.165) is 0 Å². The normalized spacial score (nSPS) is 12.4. The standard InChI is InChI=1S/C11H17N3O4S/c1-7(2)10-13-9(18-14-10)5-19-4-3-8(11(16)17)12-6-15/h6-8H,3-5H2,1-2H3,(H,12,15)(H,16,17). The molecule has 0 aromatic carbocycles. The number of rotatable bonds is 9. The molecule has 0 fully saturated rings. The van der Waals surface area contributed by atoms with Crippen LogP contribution in [0.5, 0.6) is 0 Å². The van der Waals surface area contributed by atoms with Crippen molar-refractivity contribution in [2.75, 3.05) is 5.75 Å². The molecule has 0 aliphatic heterocycles. The van der Waals surface area contributed by atoms with Gasteiger partial charge in [0.2, 0.25) is 12.3 Å². The van der Waals surface area contributed by atoms with E-state index < -0.39 is 12.0 Å². The Kier molecular flexibility index (Phi) is 6.34. The number of hydrogen-bond acceptors (Lipinski definition) is 6. The summed E-state index contributed by atoms with van der Waals surface area (Å²) >= 11 is 1.49. The summed E-state index contributed by atoms with van der Waals surface area (Å²) in [4.78, 5) is 25.2. The topological polar surface area (TPSA) is 105 Å². The van der Waals surface area contributed by atoms with E-state index in [1.165, 1.54) is 11.8 Å². The van der Waals surface area contributed by atoms with Crippen molar-refractivity contribution in [2.24, 2.45) is 0 Å². The summed E-state index contributed by atoms with van der Waals surface area (Å²) in [7, 11) is 0. The SMILES string of the molecule is CC(C)c1noc(CSCCC(NC=O)C(=O)O)n1. The molecule has 0 bridgehead atoms. The molecule has 7 nitrogen and oxygen atoms in total. The lowest BCUT2D eigenvalue weighted by Crippen LogP contribution is -2.36. The zero-order valence-corrected chi connectivity index (χ0v) is 11.6. The minimum atomic E-state index is -1.03. The van der Waals surface area contributed by atoms with Gasteiger partial charge < -0.3 is 14.9 Å². The van der Waals surface area contributed by atoms with Gasteiger partial charge in [-0.05, 0) is 12.2 Å². The highest BCUT2D eigenvalue weighted by Gasteiger charge is 2.16. The lowest BCUT2D eigenvalue weighted by molar-refractivity contribution is -0.140. The van der Waals surface area contributed by atoms with Gasteiger partial charge in [-0.1, -0.05) is 19.0 Å². The number of carboxylic acid groups (broad SMARTS) is 1. The Morgan fingerprint density at radius 1 is 1.58 bits per heavy atom. The van der Waals surface area contributed by atoms with Gasteiger partial charge in [0.05, 0.1) is 5.75 Å². The van der Waals surface area contributed by atoms with Crippen molar-refractivity contribution in [1.29, 1.82) is 0 Å². The van der Waals surface area contributed by atoms with Crippen molar-refractivity contribution in [2.45, 2.75) is 38.0 Å². The molecule has 0 aliphatic rings. The summed E-state index contributed by atoms with van der Waals surface area (Å²) in [5.74, 6) is 1.50. The molecule has 2 N–H and O–H groups in total. The van der Waals surface area contributed by atoms with Crippen LogP contribution in [0.2, 0.25) is 0 Å². The van der Waals surface area contributed by atoms with Crippen LogP contribution in [0.4, 0.5) is 0 Å². The van der Waals surface area contributed by atoms with Crippen molar-refractivity contribution >= 4 is 24.1 Å². The summed E-state index contributed by atoms with van der Waals surface area (Å²) in [6, 6.07) is -0.848. The molecular weight excluding hydrogens is 270 g/mol. The van der Waals surface area contributed by atoms with Crippen molar-refractivity contribution in [3.8, 4) is 0 Å². The fourth-order valence-electron chi connectivity index (χ4n) is 1.28. The highest BCUT2D eigenvalue weighted by molar-refractivity contribution is 7.98. The van der Waals surface area contributed by atoms with Crippen molar-refractivity contribution in [3.05, 3.63) is 11.7 Å². The Morgan fingerprint density at radius 3 is 2.84 bits per heavy atom. The molecule has 1 unspecified atom stereocenters. The van der Waals surface area contributed by atoms with Gasteiger partial charge in [-0.25, -0.2) is 4.79 Å². The molecule has 19 heavy (non-hydrogen) atoms. The number of amides is 1. The third-order valence-corrected chi connectivity index (χ3v) is 3.32. The summed E-state index contributed by atoms with van der Waals surface area (Å²) in [5.41, 5.74) is 0. The smallest absolute Gasteiger partial charge is 0.326 e. The molecule has 1 aromatic heterocycles. The number of aromatic nitrogens is 2. The molecule has 0 spiro atoms. The molecule has 1 atom stereocenters. The fourth-order valence-corrected chi connectivity index (χ4v) is 2.12. The van der Waals surface area contributed by atoms with Crippen LogP contribution in [0.15, 0.2) is 4.52 Å². The van der Waals surface area contributed by atoms with E-state index in [1.807, 2.05) is 13.8 Å². The second kappa shape index (κ2) is 7.78. The predicted molar refractivity (Wildman–Crippen MR) is 69.8 cm³/mol. The van der Waals surface area contributed by atoms with Crippen LogP contribution in [0.25, 0.3) is 0 Å². The summed E-state index contributed by atoms with van der Waals surface area (Å²) in [6.45, 7) is 3.95. The van der Waals surface area contributed by atoms with Crippen LogP contribution in [0, 0.1) is 0 Å². The lowest BCUT2D eigenvalue weighted by Gasteiger charge is -2.09. The van der Waals surface area contributed by atoms with Crippen LogP contribution in [0.1, 0.15) is 37.9 Å². The van der Waals surface area contributed by atoms with Gasteiger partial charge >= 0.3 is 5.97 Å². The monoisotopic (exact) mass is 287 g/mol. The van der Waals surface area contributed by atoms with Crippen molar-refractivity contribution in [1.82, 2.24) is 15.5 Å². The molecule has 1 aromatic rings. The molecule has 0 aliphatic carbocycles. The Morgan fingerprint density at radius 2 is 2.32 bits per heavy atom. The van der Waals surface area contributed by atoms with E-state index in [4.69, 9.17) is 9.63 Å². The number of thioether (sulfide) groups is 1. The second-order valence-electron chi connectivity index (χ2n) is 4.22. The van der Waals surface area contributed by atoms with Crippen molar-refractivity contribution < 1.29 is 19.2 Å². The number of aliphatic carboxylic acids is 1. The molecule has 0 saturated heterocycles. The summed E-state index contributed by atoms with van der Waals surface area (Å²) in [5, 5.41) is 14.9. The van der Waals surface area contributed by atoms with Crippen LogP contribution in [0.3, 0.4) is 0 Å².